The molecule has 0 bridgehead atoms. The van der Waals surface area contributed by atoms with E-state index in [-0.39, 0.29) is 0 Å². The lowest BCUT2D eigenvalue weighted by Gasteiger charge is -2.16. The van der Waals surface area contributed by atoms with E-state index < -0.39 is 5.60 Å². The fourth-order valence-corrected chi connectivity index (χ4v) is 1.00. The summed E-state index contributed by atoms with van der Waals surface area (Å²) in [6, 6.07) is 0. The van der Waals surface area contributed by atoms with Crippen molar-refractivity contribution >= 4 is 5.69 Å². The van der Waals surface area contributed by atoms with Crippen molar-refractivity contribution in [1.29, 1.82) is 0 Å². The van der Waals surface area contributed by atoms with Crippen molar-refractivity contribution in [2.24, 2.45) is 0 Å². The summed E-state index contributed by atoms with van der Waals surface area (Å²) in [7, 11) is 1.52. The van der Waals surface area contributed by atoms with Crippen LogP contribution in [0.15, 0.2) is 12.4 Å². The van der Waals surface area contributed by atoms with Crippen LogP contribution in [0, 0.1) is 0 Å². The molecule has 0 saturated carbocycles. The molecular weight excluding hydrogens is 170 g/mol. The number of hydrogen-bond acceptors (Lipinski definition) is 4. The first-order chi connectivity index (χ1) is 5.88. The van der Waals surface area contributed by atoms with Crippen LogP contribution < -0.4 is 5.06 Å². The van der Waals surface area contributed by atoms with Gasteiger partial charge in [-0.1, -0.05) is 0 Å². The van der Waals surface area contributed by atoms with E-state index in [1.165, 1.54) is 13.2 Å². The van der Waals surface area contributed by atoms with Gasteiger partial charge < -0.3 is 5.11 Å². The van der Waals surface area contributed by atoms with E-state index in [0.29, 0.717) is 12.2 Å². The number of anilines is 1. The van der Waals surface area contributed by atoms with Crippen LogP contribution in [0.25, 0.3) is 0 Å². The van der Waals surface area contributed by atoms with Crippen LogP contribution in [-0.4, -0.2) is 32.7 Å². The maximum atomic E-state index is 9.48. The predicted octanol–water partition coefficient (Wildman–Crippen LogP) is 0.479. The second kappa shape index (κ2) is 3.35. The molecular formula is C8H15N3O2. The maximum absolute atomic E-state index is 9.48. The summed E-state index contributed by atoms with van der Waals surface area (Å²) in [6.07, 6.45) is 3.20. The Hall–Kier alpha value is -1.07. The molecule has 0 aliphatic carbocycles. The number of hydroxylamine groups is 1. The van der Waals surface area contributed by atoms with Crippen LogP contribution in [0.3, 0.4) is 0 Å². The van der Waals surface area contributed by atoms with Gasteiger partial charge in [0.15, 0.2) is 0 Å². The van der Waals surface area contributed by atoms with Crippen molar-refractivity contribution in [3.63, 3.8) is 0 Å². The van der Waals surface area contributed by atoms with Crippen LogP contribution in [0.2, 0.25) is 0 Å². The summed E-state index contributed by atoms with van der Waals surface area (Å²) < 4.78 is 1.59. The number of rotatable bonds is 3. The van der Waals surface area contributed by atoms with Crippen LogP contribution in [0.1, 0.15) is 13.8 Å². The SMILES string of the molecule is CN(O)c1cnn(CC(C)(C)O)c1. The average molecular weight is 185 g/mol. The second-order valence-corrected chi connectivity index (χ2v) is 3.73. The summed E-state index contributed by atoms with van der Waals surface area (Å²) in [5, 5.41) is 23.5. The first-order valence-corrected chi connectivity index (χ1v) is 4.06. The third kappa shape index (κ3) is 3.04. The normalized spacial score (nSPS) is 11.8. The number of aliphatic hydroxyl groups is 1. The van der Waals surface area contributed by atoms with E-state index >= 15 is 0 Å². The Morgan fingerprint density at radius 2 is 2.23 bits per heavy atom. The van der Waals surface area contributed by atoms with Gasteiger partial charge in [0.1, 0.15) is 5.69 Å². The fourth-order valence-electron chi connectivity index (χ4n) is 1.00. The lowest BCUT2D eigenvalue weighted by Crippen LogP contribution is -2.26. The zero-order valence-electron chi connectivity index (χ0n) is 8.10. The molecule has 0 aliphatic heterocycles. The molecule has 0 saturated heterocycles. The molecule has 0 spiro atoms. The van der Waals surface area contributed by atoms with E-state index in [9.17, 15) is 5.11 Å². The molecule has 74 valence electrons. The highest BCUT2D eigenvalue weighted by atomic mass is 16.5. The van der Waals surface area contributed by atoms with Crippen LogP contribution in [-0.2, 0) is 6.54 Å². The lowest BCUT2D eigenvalue weighted by atomic mass is 10.1. The molecule has 0 atom stereocenters. The maximum Gasteiger partial charge on any atom is 0.101 e. The quantitative estimate of drug-likeness (QED) is 0.672. The Balaban J connectivity index is 2.70. The monoisotopic (exact) mass is 185 g/mol. The Morgan fingerprint density at radius 1 is 1.62 bits per heavy atom. The van der Waals surface area contributed by atoms with Crippen molar-refractivity contribution < 1.29 is 10.3 Å². The molecule has 5 nitrogen and oxygen atoms in total. The number of hydrogen-bond donors (Lipinski definition) is 2. The molecule has 0 radical (unpaired) electrons. The standard InChI is InChI=1S/C8H15N3O2/c1-8(2,12)6-11-5-7(4-9-11)10(3)13/h4-5,12-13H,6H2,1-3H3. The van der Waals surface area contributed by atoms with Crippen LogP contribution in [0.4, 0.5) is 5.69 Å². The summed E-state index contributed by atoms with van der Waals surface area (Å²) in [5.74, 6) is 0. The van der Waals surface area contributed by atoms with Gasteiger partial charge >= 0.3 is 0 Å². The minimum absolute atomic E-state index is 0.404. The zero-order valence-corrected chi connectivity index (χ0v) is 8.10. The molecule has 1 aromatic rings. The van der Waals surface area contributed by atoms with Gasteiger partial charge in [0.05, 0.1) is 24.5 Å². The van der Waals surface area contributed by atoms with E-state index in [0.717, 1.165) is 5.06 Å². The van der Waals surface area contributed by atoms with Gasteiger partial charge in [-0.2, -0.15) is 5.10 Å². The van der Waals surface area contributed by atoms with Gasteiger partial charge in [-0.25, -0.2) is 0 Å². The van der Waals surface area contributed by atoms with Crippen molar-refractivity contribution in [3.05, 3.63) is 12.4 Å². The molecule has 0 amide bonds. The molecule has 1 heterocycles. The summed E-state index contributed by atoms with van der Waals surface area (Å²) in [5.41, 5.74) is -0.193. The third-order valence-corrected chi connectivity index (χ3v) is 1.54. The summed E-state index contributed by atoms with van der Waals surface area (Å²) >= 11 is 0. The highest BCUT2D eigenvalue weighted by Gasteiger charge is 2.14. The van der Waals surface area contributed by atoms with Gasteiger partial charge in [0.2, 0.25) is 0 Å². The van der Waals surface area contributed by atoms with E-state index in [1.54, 1.807) is 24.7 Å². The first-order valence-electron chi connectivity index (χ1n) is 4.06. The predicted molar refractivity (Wildman–Crippen MR) is 48.7 cm³/mol. The minimum Gasteiger partial charge on any atom is -0.389 e. The van der Waals surface area contributed by atoms with Gasteiger partial charge in [-0.3, -0.25) is 15.0 Å². The molecule has 5 heteroatoms. The molecule has 13 heavy (non-hydrogen) atoms. The van der Waals surface area contributed by atoms with Gasteiger partial charge in [0, 0.05) is 7.05 Å². The molecule has 0 aromatic carbocycles. The average Bonchev–Trinajstić information content (AvgIpc) is 2.31. The zero-order chi connectivity index (χ0) is 10.1. The molecule has 0 unspecified atom stereocenters. The number of aromatic nitrogens is 2. The minimum atomic E-state index is -0.794. The smallest absolute Gasteiger partial charge is 0.101 e. The Bertz CT molecular complexity index is 275. The molecule has 2 N–H and O–H groups in total. The topological polar surface area (TPSA) is 61.5 Å². The highest BCUT2D eigenvalue weighted by molar-refractivity contribution is 5.37. The van der Waals surface area contributed by atoms with Crippen molar-refractivity contribution in [1.82, 2.24) is 9.78 Å². The van der Waals surface area contributed by atoms with Crippen molar-refractivity contribution in [2.45, 2.75) is 26.0 Å². The first kappa shape index (κ1) is 10.0. The Labute approximate surface area is 77.2 Å². The van der Waals surface area contributed by atoms with Gasteiger partial charge in [-0.05, 0) is 13.8 Å². The molecule has 1 rings (SSSR count). The largest absolute Gasteiger partial charge is 0.389 e. The lowest BCUT2D eigenvalue weighted by molar-refractivity contribution is 0.0577. The summed E-state index contributed by atoms with van der Waals surface area (Å²) in [4.78, 5) is 0. The fraction of sp³-hybridized carbons (Fsp3) is 0.625. The van der Waals surface area contributed by atoms with Gasteiger partial charge in [0.25, 0.3) is 0 Å². The highest BCUT2D eigenvalue weighted by Crippen LogP contribution is 2.11. The Morgan fingerprint density at radius 3 is 2.62 bits per heavy atom. The van der Waals surface area contributed by atoms with E-state index in [4.69, 9.17) is 5.21 Å². The molecule has 0 aliphatic rings. The van der Waals surface area contributed by atoms with Crippen LogP contribution >= 0.6 is 0 Å². The number of nitrogens with zero attached hydrogens (tertiary/aromatic N) is 3. The van der Waals surface area contributed by atoms with Crippen LogP contribution in [0.5, 0.6) is 0 Å². The second-order valence-electron chi connectivity index (χ2n) is 3.73. The van der Waals surface area contributed by atoms with E-state index in [2.05, 4.69) is 5.10 Å². The molecule has 1 aromatic heterocycles. The Kier molecular flexibility index (Phi) is 2.58. The molecule has 0 fully saturated rings. The summed E-state index contributed by atoms with van der Waals surface area (Å²) in [6.45, 7) is 3.81. The van der Waals surface area contributed by atoms with Crippen molar-refractivity contribution in [2.75, 3.05) is 12.1 Å². The van der Waals surface area contributed by atoms with E-state index in [1.807, 2.05) is 0 Å². The van der Waals surface area contributed by atoms with Gasteiger partial charge in [-0.15, -0.1) is 0 Å². The van der Waals surface area contributed by atoms with Crippen molar-refractivity contribution in [3.8, 4) is 0 Å². The third-order valence-electron chi connectivity index (χ3n) is 1.54.